The smallest absolute Gasteiger partial charge is 0.235 e. The van der Waals surface area contributed by atoms with Gasteiger partial charge in [-0.25, -0.2) is 9.97 Å². The predicted octanol–water partition coefficient (Wildman–Crippen LogP) is 10.9. The number of thiophene rings is 1. The van der Waals surface area contributed by atoms with Crippen LogP contribution in [0.2, 0.25) is 0 Å². The topological polar surface area (TPSA) is 29.0 Å². The van der Waals surface area contributed by atoms with E-state index in [0.717, 1.165) is 27.8 Å². The molecule has 10 aromatic rings. The Morgan fingerprint density at radius 3 is 2.06 bits per heavy atom. The molecule has 0 amide bonds. The summed E-state index contributed by atoms with van der Waals surface area (Å²) in [5.41, 5.74) is 7.00. The highest BCUT2D eigenvalue weighted by atomic mass is 32.1. The van der Waals surface area contributed by atoms with E-state index in [9.17, 15) is 0 Å². The van der Waals surface area contributed by atoms with E-state index in [1.165, 1.54) is 63.5 Å². The number of fused-ring (bicyclic) bond motifs is 13. The van der Waals surface area contributed by atoms with Crippen LogP contribution in [0.3, 0.4) is 0 Å². The quantitative estimate of drug-likeness (QED) is 0.136. The van der Waals surface area contributed by atoms with E-state index in [1.807, 2.05) is 29.5 Å². The molecule has 11 rings (SSSR count). The number of aromatic nitrogens is 2. The van der Waals surface area contributed by atoms with E-state index >= 15 is 0 Å². The molecule has 2 aromatic heterocycles. The second kappa shape index (κ2) is 11.6. The number of nitrogens with zero attached hydrogens (tertiary/aromatic N) is 3. The Morgan fingerprint density at radius 1 is 0.538 bits per heavy atom. The van der Waals surface area contributed by atoms with Gasteiger partial charge in [-0.1, -0.05) is 157 Å². The first-order chi connectivity index (χ1) is 25.7. The predicted molar refractivity (Wildman–Crippen MR) is 225 cm³/mol. The third-order valence-electron chi connectivity index (χ3n) is 10.3. The van der Waals surface area contributed by atoms with Crippen molar-refractivity contribution in [2.45, 2.75) is 0 Å². The number of para-hydroxylation sites is 1. The van der Waals surface area contributed by atoms with E-state index in [1.54, 1.807) is 0 Å². The van der Waals surface area contributed by atoms with Crippen LogP contribution in [0.25, 0.3) is 75.0 Å². The van der Waals surface area contributed by atoms with Gasteiger partial charge in [-0.3, -0.25) is 4.67 Å². The van der Waals surface area contributed by atoms with Gasteiger partial charge in [0, 0.05) is 42.6 Å². The Kier molecular flexibility index (Phi) is 6.64. The van der Waals surface area contributed by atoms with Crippen LogP contribution in [0, 0.1) is 0 Å². The molecule has 0 spiro atoms. The van der Waals surface area contributed by atoms with Gasteiger partial charge in [0.1, 0.15) is 7.85 Å². The van der Waals surface area contributed by atoms with Crippen molar-refractivity contribution < 1.29 is 0 Å². The SMILES string of the molecule is [B]c1ccccc1-c1nc(N2c3c(c4ccccc4c4c3sc3ccccc34)-c3c(ccc4ccccc34)P2c2ccccc2)nc2ccccc12. The van der Waals surface area contributed by atoms with Gasteiger partial charge in [0.15, 0.2) is 0 Å². The summed E-state index contributed by atoms with van der Waals surface area (Å²) >= 11 is 1.87. The first-order valence-electron chi connectivity index (χ1n) is 17.4. The lowest BCUT2D eigenvalue weighted by Gasteiger charge is -2.40. The molecular formula is C46H27BN3PS. The Labute approximate surface area is 307 Å². The van der Waals surface area contributed by atoms with Gasteiger partial charge >= 0.3 is 0 Å². The molecule has 0 bridgehead atoms. The lowest BCUT2D eigenvalue weighted by molar-refractivity contribution is 1.17. The van der Waals surface area contributed by atoms with Crippen molar-refractivity contribution in [1.29, 1.82) is 0 Å². The molecule has 3 nitrogen and oxygen atoms in total. The van der Waals surface area contributed by atoms with Gasteiger partial charge in [-0.05, 0) is 39.2 Å². The number of hydrogen-bond donors (Lipinski definition) is 0. The number of hydrogen-bond acceptors (Lipinski definition) is 4. The third kappa shape index (κ3) is 4.30. The maximum Gasteiger partial charge on any atom is 0.235 e. The van der Waals surface area contributed by atoms with Crippen LogP contribution < -0.4 is 20.7 Å². The average molecular weight is 696 g/mol. The lowest BCUT2D eigenvalue weighted by atomic mass is 9.88. The normalized spacial score (nSPS) is 14.0. The van der Waals surface area contributed by atoms with Gasteiger partial charge in [-0.15, -0.1) is 11.3 Å². The molecule has 52 heavy (non-hydrogen) atoms. The molecule has 1 aliphatic rings. The number of benzene rings is 8. The van der Waals surface area contributed by atoms with Gasteiger partial charge < -0.3 is 0 Å². The highest BCUT2D eigenvalue weighted by Gasteiger charge is 2.39. The van der Waals surface area contributed by atoms with E-state index in [-0.39, 0.29) is 0 Å². The highest BCUT2D eigenvalue weighted by Crippen LogP contribution is 2.62. The molecule has 0 saturated heterocycles. The van der Waals surface area contributed by atoms with Crippen LogP contribution in [0.1, 0.15) is 0 Å². The van der Waals surface area contributed by atoms with Gasteiger partial charge in [0.2, 0.25) is 5.95 Å². The fraction of sp³-hybridized carbons (Fsp3) is 0. The highest BCUT2D eigenvalue weighted by molar-refractivity contribution is 7.75. The van der Waals surface area contributed by atoms with Crippen molar-refractivity contribution in [1.82, 2.24) is 9.97 Å². The van der Waals surface area contributed by atoms with Crippen LogP contribution in [0.15, 0.2) is 164 Å². The molecule has 0 aliphatic carbocycles. The molecule has 1 atom stereocenters. The number of anilines is 2. The second-order valence-electron chi connectivity index (χ2n) is 13.2. The summed E-state index contributed by atoms with van der Waals surface area (Å²) in [4.78, 5) is 11.0. The minimum atomic E-state index is -1.20. The molecule has 1 aliphatic heterocycles. The van der Waals surface area contributed by atoms with Crippen molar-refractivity contribution >= 4 is 108 Å². The van der Waals surface area contributed by atoms with Gasteiger partial charge in [-0.2, -0.15) is 0 Å². The molecule has 3 heterocycles. The zero-order valence-electron chi connectivity index (χ0n) is 27.9. The Morgan fingerprint density at radius 2 is 1.21 bits per heavy atom. The fourth-order valence-electron chi connectivity index (χ4n) is 8.09. The standard InChI is InChI=1S/C46H27BN3PS/c47-36-23-11-8-20-33(36)43-34-21-9-12-24-37(34)48-46(49-43)50-44-42(32-19-7-6-18-31(32)40-35-22-10-13-25-39(35)52-45(40)44)41-30-17-5-4-14-28(30)26-27-38(41)51(50)29-15-2-1-3-16-29/h1-27H. The average Bonchev–Trinajstić information content (AvgIpc) is 3.60. The van der Waals surface area contributed by atoms with Crippen LogP contribution in [0.4, 0.5) is 11.6 Å². The maximum atomic E-state index is 6.69. The summed E-state index contributed by atoms with van der Waals surface area (Å²) < 4.78 is 5.01. The lowest BCUT2D eigenvalue weighted by Crippen LogP contribution is -2.31. The molecule has 0 fully saturated rings. The Balaban J connectivity index is 1.37. The summed E-state index contributed by atoms with van der Waals surface area (Å²) in [6.07, 6.45) is 0. The van der Waals surface area contributed by atoms with E-state index in [4.69, 9.17) is 17.8 Å². The Bertz CT molecular complexity index is 3070. The fourth-order valence-corrected chi connectivity index (χ4v) is 11.9. The van der Waals surface area contributed by atoms with E-state index < -0.39 is 8.07 Å². The third-order valence-corrected chi connectivity index (χ3v) is 13.9. The van der Waals surface area contributed by atoms with Crippen LogP contribution in [0.5, 0.6) is 0 Å². The van der Waals surface area contributed by atoms with Crippen molar-refractivity contribution in [3.8, 4) is 22.4 Å². The molecule has 0 saturated carbocycles. The van der Waals surface area contributed by atoms with Crippen molar-refractivity contribution in [3.63, 3.8) is 0 Å². The Hall–Kier alpha value is -5.87. The van der Waals surface area contributed by atoms with Crippen LogP contribution >= 0.6 is 19.4 Å². The van der Waals surface area contributed by atoms with Crippen molar-refractivity contribution in [2.24, 2.45) is 0 Å². The van der Waals surface area contributed by atoms with Gasteiger partial charge in [0.05, 0.1) is 29.7 Å². The first-order valence-corrected chi connectivity index (χ1v) is 19.5. The molecular weight excluding hydrogens is 668 g/mol. The first kappa shape index (κ1) is 29.8. The maximum absolute atomic E-state index is 6.69. The molecule has 6 heteroatoms. The zero-order chi connectivity index (χ0) is 34.3. The van der Waals surface area contributed by atoms with Crippen molar-refractivity contribution in [3.05, 3.63) is 164 Å². The largest absolute Gasteiger partial charge is 0.278 e. The summed E-state index contributed by atoms with van der Waals surface area (Å²) in [6, 6.07) is 58.5. The van der Waals surface area contributed by atoms with Gasteiger partial charge in [0.25, 0.3) is 0 Å². The van der Waals surface area contributed by atoms with E-state index in [0.29, 0.717) is 11.4 Å². The van der Waals surface area contributed by atoms with E-state index in [2.05, 4.69) is 150 Å². The summed E-state index contributed by atoms with van der Waals surface area (Å²) in [7, 11) is 5.49. The van der Waals surface area contributed by atoms with Crippen LogP contribution in [-0.2, 0) is 0 Å². The molecule has 240 valence electrons. The molecule has 1 unspecified atom stereocenters. The zero-order valence-corrected chi connectivity index (χ0v) is 29.6. The van der Waals surface area contributed by atoms with Crippen LogP contribution in [-0.4, -0.2) is 17.8 Å². The second-order valence-corrected chi connectivity index (χ2v) is 16.3. The van der Waals surface area contributed by atoms with Crippen molar-refractivity contribution in [2.75, 3.05) is 4.67 Å². The minimum absolute atomic E-state index is 0.668. The molecule has 8 aromatic carbocycles. The summed E-state index contributed by atoms with van der Waals surface area (Å²) in [5.74, 6) is 0.668. The molecule has 2 radical (unpaired) electrons. The minimum Gasteiger partial charge on any atom is -0.278 e. The number of rotatable bonds is 3. The summed E-state index contributed by atoms with van der Waals surface area (Å²) in [5, 5.41) is 11.0. The monoisotopic (exact) mass is 695 g/mol. The summed E-state index contributed by atoms with van der Waals surface area (Å²) in [6.45, 7) is 0. The molecule has 0 N–H and O–H groups in total.